The van der Waals surface area contributed by atoms with Crippen molar-refractivity contribution >= 4 is 17.6 Å². The van der Waals surface area contributed by atoms with Crippen molar-refractivity contribution in [1.82, 2.24) is 29.5 Å². The Morgan fingerprint density at radius 2 is 1.96 bits per heavy atom. The fourth-order valence-electron chi connectivity index (χ4n) is 2.93. The first kappa shape index (κ1) is 18.2. The van der Waals surface area contributed by atoms with Crippen molar-refractivity contribution in [2.24, 2.45) is 7.05 Å². The molecule has 9 heteroatoms. The van der Waals surface area contributed by atoms with Crippen LogP contribution in [0.3, 0.4) is 0 Å². The maximum Gasteiger partial charge on any atom is 0.316 e. The molecule has 0 aliphatic carbocycles. The average molecular weight is 398 g/mol. The second kappa shape index (κ2) is 7.47. The number of anilines is 1. The minimum absolute atomic E-state index is 0.213. The molecule has 0 saturated carbocycles. The topological polar surface area (TPSA) is 86.6 Å². The summed E-state index contributed by atoms with van der Waals surface area (Å²) < 4.78 is 9.24. The van der Waals surface area contributed by atoms with Crippen molar-refractivity contribution in [3.63, 3.8) is 0 Å². The molecule has 8 nitrogen and oxygen atoms in total. The van der Waals surface area contributed by atoms with Gasteiger partial charge in [0, 0.05) is 31.5 Å². The van der Waals surface area contributed by atoms with Crippen LogP contribution in [0, 0.1) is 0 Å². The summed E-state index contributed by atoms with van der Waals surface area (Å²) in [6.45, 7) is 4.59. The summed E-state index contributed by atoms with van der Waals surface area (Å²) in [5.74, 6) is 1.17. The number of halogens is 1. The Balaban J connectivity index is 1.59. The quantitative estimate of drug-likeness (QED) is 0.528. The second-order valence-corrected chi connectivity index (χ2v) is 7.04. The number of imidazole rings is 1. The van der Waals surface area contributed by atoms with Crippen molar-refractivity contribution in [3.8, 4) is 17.4 Å². The van der Waals surface area contributed by atoms with E-state index in [4.69, 9.17) is 21.1 Å². The first-order valence-electron chi connectivity index (χ1n) is 8.92. The number of aromatic nitrogens is 6. The van der Waals surface area contributed by atoms with E-state index in [0.717, 1.165) is 16.9 Å². The third-order valence-corrected chi connectivity index (χ3v) is 4.74. The maximum absolute atomic E-state index is 6.66. The van der Waals surface area contributed by atoms with Gasteiger partial charge in [-0.1, -0.05) is 48.7 Å². The summed E-state index contributed by atoms with van der Waals surface area (Å²) in [6.07, 6.45) is 3.50. The molecule has 0 atom stereocenters. The fourth-order valence-corrected chi connectivity index (χ4v) is 3.23. The summed E-state index contributed by atoms with van der Waals surface area (Å²) in [5.41, 5.74) is 2.73. The zero-order chi connectivity index (χ0) is 19.7. The number of nitrogens with one attached hydrogen (secondary N) is 1. The van der Waals surface area contributed by atoms with Gasteiger partial charge in [-0.25, -0.2) is 9.67 Å². The molecule has 0 spiro atoms. The van der Waals surface area contributed by atoms with Crippen LogP contribution in [-0.2, 0) is 13.6 Å². The van der Waals surface area contributed by atoms with Crippen molar-refractivity contribution in [2.75, 3.05) is 5.32 Å². The maximum atomic E-state index is 6.66. The first-order valence-corrected chi connectivity index (χ1v) is 9.30. The van der Waals surface area contributed by atoms with E-state index in [0.29, 0.717) is 29.4 Å². The van der Waals surface area contributed by atoms with Gasteiger partial charge in [0.15, 0.2) is 5.82 Å². The van der Waals surface area contributed by atoms with Gasteiger partial charge in [0.05, 0.1) is 11.4 Å². The molecule has 3 heterocycles. The second-order valence-electron chi connectivity index (χ2n) is 6.68. The van der Waals surface area contributed by atoms with Gasteiger partial charge in [-0.15, -0.1) is 5.10 Å². The lowest BCUT2D eigenvalue weighted by Gasteiger charge is -2.05. The van der Waals surface area contributed by atoms with E-state index < -0.39 is 0 Å². The summed E-state index contributed by atoms with van der Waals surface area (Å²) in [5, 5.41) is 16.5. The van der Waals surface area contributed by atoms with E-state index in [2.05, 4.69) is 34.3 Å². The Bertz CT molecular complexity index is 1080. The van der Waals surface area contributed by atoms with Crippen LogP contribution in [0.4, 0.5) is 6.01 Å². The first-order chi connectivity index (χ1) is 13.5. The Labute approximate surface area is 167 Å². The highest BCUT2D eigenvalue weighted by Gasteiger charge is 2.20. The molecule has 0 radical (unpaired) electrons. The van der Waals surface area contributed by atoms with Gasteiger partial charge in [0.25, 0.3) is 5.89 Å². The van der Waals surface area contributed by atoms with Gasteiger partial charge < -0.3 is 14.3 Å². The lowest BCUT2D eigenvalue weighted by Crippen LogP contribution is -2.03. The van der Waals surface area contributed by atoms with Crippen LogP contribution in [0.5, 0.6) is 0 Å². The number of nitrogens with zero attached hydrogens (tertiary/aromatic N) is 6. The predicted molar refractivity (Wildman–Crippen MR) is 106 cm³/mol. The molecule has 0 bridgehead atoms. The molecule has 0 fully saturated rings. The minimum Gasteiger partial charge on any atom is -0.400 e. The number of aryl methyl sites for hydroxylation is 1. The molecular weight excluding hydrogens is 378 g/mol. The lowest BCUT2D eigenvalue weighted by molar-refractivity contribution is 0.572. The molecule has 0 saturated heterocycles. The van der Waals surface area contributed by atoms with Crippen molar-refractivity contribution in [3.05, 3.63) is 59.1 Å². The van der Waals surface area contributed by atoms with Gasteiger partial charge in [-0.3, -0.25) is 0 Å². The molecule has 0 amide bonds. The van der Waals surface area contributed by atoms with Gasteiger partial charge >= 0.3 is 6.01 Å². The molecule has 1 N–H and O–H groups in total. The highest BCUT2D eigenvalue weighted by molar-refractivity contribution is 6.30. The van der Waals surface area contributed by atoms with Crippen molar-refractivity contribution < 1.29 is 4.42 Å². The number of benzene rings is 1. The van der Waals surface area contributed by atoms with Gasteiger partial charge in [0.1, 0.15) is 5.15 Å². The van der Waals surface area contributed by atoms with Crippen LogP contribution < -0.4 is 5.32 Å². The number of para-hydroxylation sites is 1. The molecule has 144 valence electrons. The van der Waals surface area contributed by atoms with E-state index in [1.54, 1.807) is 10.9 Å². The highest BCUT2D eigenvalue weighted by Crippen LogP contribution is 2.29. The van der Waals surface area contributed by atoms with Gasteiger partial charge in [0.2, 0.25) is 0 Å². The standard InChI is InChI=1S/C19H20ClN7O/c1-12(2)15-14(16(20)27(25-15)13-7-5-4-6-8-13)11-22-19-24-23-18(28-19)17-21-9-10-26(17)3/h4-10,12H,11H2,1-3H3,(H,22,24). The molecule has 0 unspecified atom stereocenters. The molecule has 0 aliphatic rings. The zero-order valence-corrected chi connectivity index (χ0v) is 16.6. The van der Waals surface area contributed by atoms with Gasteiger partial charge in [-0.2, -0.15) is 5.10 Å². The zero-order valence-electron chi connectivity index (χ0n) is 15.8. The summed E-state index contributed by atoms with van der Waals surface area (Å²) in [6, 6.07) is 10.1. The number of rotatable bonds is 6. The molecular formula is C19H20ClN7O. The Kier molecular flexibility index (Phi) is 4.87. The molecule has 0 aliphatic heterocycles. The lowest BCUT2D eigenvalue weighted by atomic mass is 10.1. The van der Waals surface area contributed by atoms with Crippen LogP contribution in [0.15, 0.2) is 47.1 Å². The SMILES string of the molecule is CC(C)c1nn(-c2ccccc2)c(Cl)c1CNc1nnc(-c2nccn2C)o1. The van der Waals surface area contributed by atoms with E-state index >= 15 is 0 Å². The Hall–Kier alpha value is -3.13. The van der Waals surface area contributed by atoms with Crippen LogP contribution in [0.25, 0.3) is 17.4 Å². The predicted octanol–water partition coefficient (Wildman–Crippen LogP) is 4.04. The van der Waals surface area contributed by atoms with E-state index in [9.17, 15) is 0 Å². The normalized spacial score (nSPS) is 11.3. The third-order valence-electron chi connectivity index (χ3n) is 4.35. The van der Waals surface area contributed by atoms with E-state index in [1.165, 1.54) is 0 Å². The summed E-state index contributed by atoms with van der Waals surface area (Å²) in [4.78, 5) is 4.21. The summed E-state index contributed by atoms with van der Waals surface area (Å²) in [7, 11) is 1.87. The largest absolute Gasteiger partial charge is 0.400 e. The van der Waals surface area contributed by atoms with Gasteiger partial charge in [-0.05, 0) is 18.1 Å². The number of hydrogen-bond acceptors (Lipinski definition) is 6. The minimum atomic E-state index is 0.213. The smallest absolute Gasteiger partial charge is 0.316 e. The average Bonchev–Trinajstić information content (AvgIpc) is 3.39. The monoisotopic (exact) mass is 397 g/mol. The Morgan fingerprint density at radius 3 is 2.64 bits per heavy atom. The van der Waals surface area contributed by atoms with E-state index in [-0.39, 0.29) is 5.92 Å². The van der Waals surface area contributed by atoms with Crippen LogP contribution in [-0.4, -0.2) is 29.5 Å². The molecule has 4 rings (SSSR count). The third kappa shape index (κ3) is 3.38. The fraction of sp³-hybridized carbons (Fsp3) is 0.263. The van der Waals surface area contributed by atoms with E-state index in [1.807, 2.05) is 48.1 Å². The van der Waals surface area contributed by atoms with Crippen molar-refractivity contribution in [1.29, 1.82) is 0 Å². The molecule has 28 heavy (non-hydrogen) atoms. The van der Waals surface area contributed by atoms with Crippen LogP contribution in [0.2, 0.25) is 5.15 Å². The highest BCUT2D eigenvalue weighted by atomic mass is 35.5. The molecule has 4 aromatic rings. The molecule has 1 aromatic carbocycles. The molecule has 3 aromatic heterocycles. The van der Waals surface area contributed by atoms with Crippen LogP contribution in [0.1, 0.15) is 31.0 Å². The summed E-state index contributed by atoms with van der Waals surface area (Å²) >= 11 is 6.66. The Morgan fingerprint density at radius 1 is 1.18 bits per heavy atom. The van der Waals surface area contributed by atoms with Crippen molar-refractivity contribution in [2.45, 2.75) is 26.3 Å². The number of hydrogen-bond donors (Lipinski definition) is 1. The van der Waals surface area contributed by atoms with Crippen LogP contribution >= 0.6 is 11.6 Å².